The third kappa shape index (κ3) is 2.62. The molecule has 0 aliphatic carbocycles. The van der Waals surface area contributed by atoms with Crippen molar-refractivity contribution in [2.45, 2.75) is 0 Å². The highest BCUT2D eigenvalue weighted by molar-refractivity contribution is 9.10. The van der Waals surface area contributed by atoms with E-state index < -0.39 is 6.09 Å². The minimum atomic E-state index is -0.514. The number of H-pyrrole nitrogens is 1. The van der Waals surface area contributed by atoms with E-state index in [9.17, 15) is 4.79 Å². The minimum absolute atomic E-state index is 0.393. The molecule has 6 nitrogen and oxygen atoms in total. The highest BCUT2D eigenvalue weighted by atomic mass is 79.9. The van der Waals surface area contributed by atoms with E-state index in [1.54, 1.807) is 25.4 Å². The van der Waals surface area contributed by atoms with Gasteiger partial charge in [0.15, 0.2) is 5.75 Å². The van der Waals surface area contributed by atoms with E-state index in [4.69, 9.17) is 4.74 Å². The maximum Gasteiger partial charge on any atom is 0.419 e. The second kappa shape index (κ2) is 4.96. The summed E-state index contributed by atoms with van der Waals surface area (Å²) in [6.07, 6.45) is 4.08. The number of ether oxygens (including phenoxy) is 1. The van der Waals surface area contributed by atoms with Gasteiger partial charge in [0.05, 0.1) is 18.1 Å². The maximum atomic E-state index is 11.8. The van der Waals surface area contributed by atoms with Crippen LogP contribution in [0.15, 0.2) is 35.3 Å². The van der Waals surface area contributed by atoms with Crippen LogP contribution in [0.3, 0.4) is 0 Å². The predicted molar refractivity (Wildman–Crippen MR) is 65.0 cm³/mol. The van der Waals surface area contributed by atoms with Crippen LogP contribution in [0.4, 0.5) is 10.5 Å². The van der Waals surface area contributed by atoms with Crippen LogP contribution in [-0.4, -0.2) is 28.3 Å². The zero-order valence-corrected chi connectivity index (χ0v) is 10.5. The Kier molecular flexibility index (Phi) is 3.38. The van der Waals surface area contributed by atoms with Crippen LogP contribution in [-0.2, 0) is 0 Å². The zero-order valence-electron chi connectivity index (χ0n) is 8.92. The number of nitrogens with zero attached hydrogens (tertiary/aromatic N) is 3. The van der Waals surface area contributed by atoms with Crippen LogP contribution >= 0.6 is 15.9 Å². The van der Waals surface area contributed by atoms with Crippen LogP contribution < -0.4 is 9.64 Å². The number of carbonyl (C=O) groups is 1. The topological polar surface area (TPSA) is 71.1 Å². The Hall–Kier alpha value is -1.89. The van der Waals surface area contributed by atoms with Gasteiger partial charge in [0, 0.05) is 13.2 Å². The number of hydrogen-bond donors (Lipinski definition) is 1. The number of anilines is 1. The smallest absolute Gasteiger partial charge is 0.408 e. The lowest BCUT2D eigenvalue weighted by Gasteiger charge is -2.14. The van der Waals surface area contributed by atoms with Crippen LogP contribution in [0.2, 0.25) is 0 Å². The molecule has 0 radical (unpaired) electrons. The van der Waals surface area contributed by atoms with E-state index >= 15 is 0 Å². The van der Waals surface area contributed by atoms with Gasteiger partial charge in [0.25, 0.3) is 0 Å². The van der Waals surface area contributed by atoms with Gasteiger partial charge in [-0.2, -0.15) is 5.10 Å². The van der Waals surface area contributed by atoms with Gasteiger partial charge in [-0.3, -0.25) is 15.0 Å². The fraction of sp³-hybridized carbons (Fsp3) is 0.100. The van der Waals surface area contributed by atoms with E-state index in [0.29, 0.717) is 16.0 Å². The average Bonchev–Trinajstić information content (AvgIpc) is 2.76. The summed E-state index contributed by atoms with van der Waals surface area (Å²) < 4.78 is 5.73. The number of carbonyl (C=O) groups excluding carboxylic acids is 1. The van der Waals surface area contributed by atoms with Gasteiger partial charge >= 0.3 is 6.09 Å². The first kappa shape index (κ1) is 11.6. The quantitative estimate of drug-likeness (QED) is 0.922. The molecular formula is C10H9BrN4O2. The van der Waals surface area contributed by atoms with Gasteiger partial charge < -0.3 is 4.74 Å². The summed E-state index contributed by atoms with van der Waals surface area (Å²) in [4.78, 5) is 17.0. The van der Waals surface area contributed by atoms with Gasteiger partial charge in [0.2, 0.25) is 0 Å². The molecule has 0 atom stereocenters. The first-order valence-corrected chi connectivity index (χ1v) is 5.52. The molecule has 17 heavy (non-hydrogen) atoms. The summed E-state index contributed by atoms with van der Waals surface area (Å²) >= 11 is 3.24. The number of pyridine rings is 1. The van der Waals surface area contributed by atoms with Crippen LogP contribution in [0.5, 0.6) is 5.75 Å². The van der Waals surface area contributed by atoms with Gasteiger partial charge in [-0.25, -0.2) is 4.79 Å². The number of halogens is 1. The summed E-state index contributed by atoms with van der Waals surface area (Å²) in [5.41, 5.74) is 0.596. The lowest BCUT2D eigenvalue weighted by atomic mass is 10.5. The second-order valence-electron chi connectivity index (χ2n) is 3.18. The minimum Gasteiger partial charge on any atom is -0.408 e. The van der Waals surface area contributed by atoms with E-state index in [1.807, 2.05) is 0 Å². The van der Waals surface area contributed by atoms with Crippen molar-refractivity contribution in [1.82, 2.24) is 15.2 Å². The van der Waals surface area contributed by atoms with Crippen molar-refractivity contribution in [3.63, 3.8) is 0 Å². The molecule has 0 fully saturated rings. The largest absolute Gasteiger partial charge is 0.419 e. The normalized spacial score (nSPS) is 10.0. The fourth-order valence-corrected chi connectivity index (χ4v) is 1.64. The molecule has 0 spiro atoms. The Labute approximate surface area is 106 Å². The number of rotatable bonds is 2. The molecule has 0 aliphatic rings. The van der Waals surface area contributed by atoms with Gasteiger partial charge in [-0.05, 0) is 28.1 Å². The van der Waals surface area contributed by atoms with Crippen LogP contribution in [0.25, 0.3) is 0 Å². The molecule has 7 heteroatoms. The maximum absolute atomic E-state index is 11.8. The van der Waals surface area contributed by atoms with Crippen LogP contribution in [0.1, 0.15) is 0 Å². The highest BCUT2D eigenvalue weighted by Gasteiger charge is 2.17. The average molecular weight is 297 g/mol. The van der Waals surface area contributed by atoms with Crippen molar-refractivity contribution in [1.29, 1.82) is 0 Å². The number of hydrogen-bond acceptors (Lipinski definition) is 4. The molecule has 0 unspecified atom stereocenters. The molecule has 2 aromatic rings. The fourth-order valence-electron chi connectivity index (χ4n) is 1.17. The van der Waals surface area contributed by atoms with E-state index in [0.717, 1.165) is 0 Å². The first-order chi connectivity index (χ1) is 8.18. The SMILES string of the molecule is CN(C(=O)Oc1cccnc1)c1cn[nH]c1Br. The van der Waals surface area contributed by atoms with Crippen molar-refractivity contribution in [3.05, 3.63) is 35.3 Å². The summed E-state index contributed by atoms with van der Waals surface area (Å²) in [5, 5.41) is 6.47. The molecule has 88 valence electrons. The van der Waals surface area contributed by atoms with Crippen molar-refractivity contribution in [2.75, 3.05) is 11.9 Å². The van der Waals surface area contributed by atoms with Crippen LogP contribution in [0, 0.1) is 0 Å². The van der Waals surface area contributed by atoms with Crippen molar-refractivity contribution in [3.8, 4) is 5.75 Å². The molecule has 2 rings (SSSR count). The summed E-state index contributed by atoms with van der Waals surface area (Å²) in [6, 6.07) is 3.35. The van der Waals surface area contributed by atoms with E-state index in [1.165, 1.54) is 17.3 Å². The molecule has 0 saturated carbocycles. The Morgan fingerprint density at radius 1 is 1.53 bits per heavy atom. The Morgan fingerprint density at radius 2 is 2.35 bits per heavy atom. The van der Waals surface area contributed by atoms with Crippen molar-refractivity contribution >= 4 is 27.7 Å². The molecule has 1 N–H and O–H groups in total. The standard InChI is InChI=1S/C10H9BrN4O2/c1-15(8-6-13-14-9(8)11)10(16)17-7-3-2-4-12-5-7/h2-6H,1H3,(H,13,14). The summed E-state index contributed by atoms with van der Waals surface area (Å²) in [6.45, 7) is 0. The Morgan fingerprint density at radius 3 is 2.94 bits per heavy atom. The predicted octanol–water partition coefficient (Wildman–Crippen LogP) is 2.20. The lowest BCUT2D eigenvalue weighted by Crippen LogP contribution is -2.29. The molecular weight excluding hydrogens is 288 g/mol. The molecule has 0 saturated heterocycles. The molecule has 1 amide bonds. The molecule has 0 aliphatic heterocycles. The third-order valence-electron chi connectivity index (χ3n) is 2.05. The van der Waals surface area contributed by atoms with Crippen molar-refractivity contribution < 1.29 is 9.53 Å². The van der Waals surface area contributed by atoms with E-state index in [-0.39, 0.29) is 0 Å². The lowest BCUT2D eigenvalue weighted by molar-refractivity contribution is 0.209. The Bertz CT molecular complexity index is 514. The number of aromatic amines is 1. The molecule has 2 aromatic heterocycles. The molecule has 0 aromatic carbocycles. The zero-order chi connectivity index (χ0) is 12.3. The molecule has 2 heterocycles. The number of amides is 1. The number of nitrogens with one attached hydrogen (secondary N) is 1. The number of aromatic nitrogens is 3. The molecule has 0 bridgehead atoms. The third-order valence-corrected chi connectivity index (χ3v) is 2.63. The highest BCUT2D eigenvalue weighted by Crippen LogP contribution is 2.22. The summed E-state index contributed by atoms with van der Waals surface area (Å²) in [7, 11) is 1.59. The van der Waals surface area contributed by atoms with Gasteiger partial charge in [0.1, 0.15) is 4.60 Å². The first-order valence-electron chi connectivity index (χ1n) is 4.73. The van der Waals surface area contributed by atoms with Crippen molar-refractivity contribution in [2.24, 2.45) is 0 Å². The Balaban J connectivity index is 2.09. The van der Waals surface area contributed by atoms with E-state index in [2.05, 4.69) is 31.1 Å². The van der Waals surface area contributed by atoms with Gasteiger partial charge in [-0.15, -0.1) is 0 Å². The summed E-state index contributed by atoms with van der Waals surface area (Å²) in [5.74, 6) is 0.393. The van der Waals surface area contributed by atoms with Gasteiger partial charge in [-0.1, -0.05) is 0 Å². The monoisotopic (exact) mass is 296 g/mol. The second-order valence-corrected chi connectivity index (χ2v) is 3.98.